The van der Waals surface area contributed by atoms with Crippen LogP contribution in [0, 0.1) is 0 Å². The smallest absolute Gasteiger partial charge is 0.324 e. The number of nitrogens with zero attached hydrogens (tertiary/aromatic N) is 3. The summed E-state index contributed by atoms with van der Waals surface area (Å²) in [4.78, 5) is 30.6. The Labute approximate surface area is 133 Å². The van der Waals surface area contributed by atoms with E-state index in [1.165, 1.54) is 0 Å². The number of fused-ring (bicyclic) bond motifs is 3. The number of carbonyl (C=O) groups is 2. The Kier molecular flexibility index (Phi) is 3.21. The zero-order chi connectivity index (χ0) is 16.0. The van der Waals surface area contributed by atoms with Gasteiger partial charge in [0.1, 0.15) is 6.04 Å². The van der Waals surface area contributed by atoms with Crippen LogP contribution < -0.4 is 15.5 Å². The van der Waals surface area contributed by atoms with E-state index in [4.69, 9.17) is 0 Å². The lowest BCUT2D eigenvalue weighted by Crippen LogP contribution is -2.50. The van der Waals surface area contributed by atoms with Gasteiger partial charge in [0.15, 0.2) is 0 Å². The van der Waals surface area contributed by atoms with E-state index in [9.17, 15) is 9.59 Å². The summed E-state index contributed by atoms with van der Waals surface area (Å²) in [5.74, 6) is 0.507. The molecule has 7 nitrogen and oxygen atoms in total. The Morgan fingerprint density at radius 1 is 1.26 bits per heavy atom. The molecule has 1 aliphatic heterocycles. The monoisotopic (exact) mass is 313 g/mol. The lowest BCUT2D eigenvalue weighted by atomic mass is 10.3. The van der Waals surface area contributed by atoms with E-state index in [-0.39, 0.29) is 18.0 Å². The molecule has 0 saturated heterocycles. The molecule has 4 rings (SSSR count). The first kappa shape index (κ1) is 14.0. The van der Waals surface area contributed by atoms with Gasteiger partial charge in [0.05, 0.1) is 11.0 Å². The molecule has 1 aliphatic carbocycles. The second kappa shape index (κ2) is 5.26. The van der Waals surface area contributed by atoms with Crippen molar-refractivity contribution in [3.63, 3.8) is 0 Å². The van der Waals surface area contributed by atoms with Gasteiger partial charge in [0, 0.05) is 19.1 Å². The number of para-hydroxylation sites is 2. The van der Waals surface area contributed by atoms with Gasteiger partial charge in [-0.1, -0.05) is 12.1 Å². The minimum atomic E-state index is -0.554. The van der Waals surface area contributed by atoms with Gasteiger partial charge >= 0.3 is 6.03 Å². The van der Waals surface area contributed by atoms with Crippen LogP contribution in [0.3, 0.4) is 0 Å². The summed E-state index contributed by atoms with van der Waals surface area (Å²) >= 11 is 0. The molecule has 0 radical (unpaired) electrons. The fourth-order valence-electron chi connectivity index (χ4n) is 2.86. The second-order valence-corrected chi connectivity index (χ2v) is 6.16. The van der Waals surface area contributed by atoms with Gasteiger partial charge in [-0.15, -0.1) is 0 Å². The molecule has 1 saturated carbocycles. The average molecular weight is 313 g/mol. The van der Waals surface area contributed by atoms with Gasteiger partial charge in [0.25, 0.3) is 0 Å². The first-order chi connectivity index (χ1) is 11.1. The molecule has 0 bridgehead atoms. The Hall–Kier alpha value is -2.57. The van der Waals surface area contributed by atoms with Crippen LogP contribution in [0.4, 0.5) is 10.7 Å². The molecule has 1 atom stereocenters. The maximum atomic E-state index is 12.5. The van der Waals surface area contributed by atoms with Crippen LogP contribution in [0.5, 0.6) is 0 Å². The van der Waals surface area contributed by atoms with Gasteiger partial charge in [-0.05, 0) is 31.9 Å². The van der Waals surface area contributed by atoms with Crippen molar-refractivity contribution in [2.45, 2.75) is 38.4 Å². The van der Waals surface area contributed by atoms with E-state index in [2.05, 4.69) is 15.6 Å². The Morgan fingerprint density at radius 3 is 2.83 bits per heavy atom. The van der Waals surface area contributed by atoms with Crippen LogP contribution in [0.2, 0.25) is 0 Å². The minimum absolute atomic E-state index is 0.131. The summed E-state index contributed by atoms with van der Waals surface area (Å²) in [6.45, 7) is 2.98. The summed E-state index contributed by atoms with van der Waals surface area (Å²) in [7, 11) is 0. The molecule has 1 fully saturated rings. The number of anilines is 1. The van der Waals surface area contributed by atoms with Crippen molar-refractivity contribution in [2.75, 3.05) is 11.4 Å². The number of rotatable bonds is 3. The second-order valence-electron chi connectivity index (χ2n) is 6.16. The van der Waals surface area contributed by atoms with E-state index in [0.29, 0.717) is 19.0 Å². The fraction of sp³-hybridized carbons (Fsp3) is 0.438. The number of hydrogen-bond donors (Lipinski definition) is 2. The van der Waals surface area contributed by atoms with Crippen LogP contribution in [-0.2, 0) is 11.3 Å². The average Bonchev–Trinajstić information content (AvgIpc) is 3.13. The van der Waals surface area contributed by atoms with Crippen molar-refractivity contribution < 1.29 is 9.59 Å². The SMILES string of the molecule is C[C@H](NC(=O)N1CCn2c1nc1ccccc12)C(=O)NC1CC1. The number of carbonyl (C=O) groups excluding carboxylic acids is 2. The molecule has 3 amide bonds. The summed E-state index contributed by atoms with van der Waals surface area (Å²) in [6, 6.07) is 7.28. The highest BCUT2D eigenvalue weighted by Gasteiger charge is 2.31. The highest BCUT2D eigenvalue weighted by Crippen LogP contribution is 2.27. The minimum Gasteiger partial charge on any atom is -0.352 e. The van der Waals surface area contributed by atoms with Gasteiger partial charge < -0.3 is 15.2 Å². The topological polar surface area (TPSA) is 79.3 Å². The Balaban J connectivity index is 1.49. The zero-order valence-electron chi connectivity index (χ0n) is 13.0. The molecule has 1 aromatic heterocycles. The third-order valence-electron chi connectivity index (χ3n) is 4.33. The van der Waals surface area contributed by atoms with Gasteiger partial charge in [-0.25, -0.2) is 9.78 Å². The molecular formula is C16H19N5O2. The normalized spacial score (nSPS) is 17.9. The van der Waals surface area contributed by atoms with Crippen LogP contribution >= 0.6 is 0 Å². The van der Waals surface area contributed by atoms with Crippen LogP contribution in [0.15, 0.2) is 24.3 Å². The molecular weight excluding hydrogens is 294 g/mol. The number of nitrogens with one attached hydrogen (secondary N) is 2. The van der Waals surface area contributed by atoms with Gasteiger partial charge in [0.2, 0.25) is 11.9 Å². The molecule has 2 aromatic rings. The number of imidazole rings is 1. The summed E-state index contributed by atoms with van der Waals surface area (Å²) in [5.41, 5.74) is 1.90. The van der Waals surface area contributed by atoms with Gasteiger partial charge in [-0.3, -0.25) is 9.69 Å². The lowest BCUT2D eigenvalue weighted by molar-refractivity contribution is -0.122. The predicted molar refractivity (Wildman–Crippen MR) is 86.2 cm³/mol. The first-order valence-electron chi connectivity index (χ1n) is 7.97. The standard InChI is InChI=1S/C16H19N5O2/c1-10(14(22)18-11-6-7-11)17-16(23)21-9-8-20-13-5-3-2-4-12(13)19-15(20)21/h2-5,10-11H,6-9H2,1H3,(H,17,23)(H,18,22)/t10-/m0/s1. The van der Waals surface area contributed by atoms with Crippen molar-refractivity contribution in [3.8, 4) is 0 Å². The molecule has 2 N–H and O–H groups in total. The maximum Gasteiger partial charge on any atom is 0.324 e. The van der Waals surface area contributed by atoms with Crippen molar-refractivity contribution in [1.82, 2.24) is 20.2 Å². The van der Waals surface area contributed by atoms with Crippen molar-refractivity contribution in [1.29, 1.82) is 0 Å². The Bertz CT molecular complexity index is 780. The highest BCUT2D eigenvalue weighted by atomic mass is 16.2. The fourth-order valence-corrected chi connectivity index (χ4v) is 2.86. The van der Waals surface area contributed by atoms with Crippen molar-refractivity contribution in [2.24, 2.45) is 0 Å². The molecule has 2 aliphatic rings. The van der Waals surface area contributed by atoms with E-state index >= 15 is 0 Å². The van der Waals surface area contributed by atoms with Crippen LogP contribution in [0.1, 0.15) is 19.8 Å². The van der Waals surface area contributed by atoms with E-state index in [0.717, 1.165) is 23.9 Å². The predicted octanol–water partition coefficient (Wildman–Crippen LogP) is 1.23. The van der Waals surface area contributed by atoms with E-state index in [1.54, 1.807) is 11.8 Å². The number of hydrogen-bond acceptors (Lipinski definition) is 3. The highest BCUT2D eigenvalue weighted by molar-refractivity contribution is 5.96. The van der Waals surface area contributed by atoms with E-state index in [1.807, 2.05) is 28.8 Å². The largest absolute Gasteiger partial charge is 0.352 e. The quantitative estimate of drug-likeness (QED) is 0.894. The third-order valence-corrected chi connectivity index (χ3v) is 4.33. The van der Waals surface area contributed by atoms with Crippen LogP contribution in [-0.4, -0.2) is 40.1 Å². The van der Waals surface area contributed by atoms with Gasteiger partial charge in [-0.2, -0.15) is 0 Å². The summed E-state index contributed by atoms with van der Waals surface area (Å²) < 4.78 is 2.03. The zero-order valence-corrected chi connectivity index (χ0v) is 13.0. The molecule has 23 heavy (non-hydrogen) atoms. The number of urea groups is 1. The molecule has 0 unspecified atom stereocenters. The Morgan fingerprint density at radius 2 is 2.04 bits per heavy atom. The summed E-state index contributed by atoms with van der Waals surface area (Å²) in [5, 5.41) is 5.66. The molecule has 120 valence electrons. The van der Waals surface area contributed by atoms with Crippen LogP contribution in [0.25, 0.3) is 11.0 Å². The number of aromatic nitrogens is 2. The number of benzene rings is 1. The van der Waals surface area contributed by atoms with Crippen molar-refractivity contribution >= 4 is 28.9 Å². The maximum absolute atomic E-state index is 12.5. The number of amides is 3. The van der Waals surface area contributed by atoms with E-state index < -0.39 is 6.04 Å². The summed E-state index contributed by atoms with van der Waals surface area (Å²) in [6.07, 6.45) is 2.06. The molecule has 1 aromatic carbocycles. The molecule has 0 spiro atoms. The molecule has 2 heterocycles. The first-order valence-corrected chi connectivity index (χ1v) is 7.97. The lowest BCUT2D eigenvalue weighted by Gasteiger charge is -2.19. The molecule has 7 heteroatoms. The third kappa shape index (κ3) is 2.52. The van der Waals surface area contributed by atoms with Crippen molar-refractivity contribution in [3.05, 3.63) is 24.3 Å².